The van der Waals surface area contributed by atoms with Crippen LogP contribution in [0.5, 0.6) is 23.0 Å². The highest BCUT2D eigenvalue weighted by Gasteiger charge is 2.18. The van der Waals surface area contributed by atoms with Crippen molar-refractivity contribution in [1.29, 1.82) is 0 Å². The van der Waals surface area contributed by atoms with Crippen molar-refractivity contribution in [2.45, 2.75) is 0 Å². The lowest BCUT2D eigenvalue weighted by molar-refractivity contribution is 0.396. The summed E-state index contributed by atoms with van der Waals surface area (Å²) in [6, 6.07) is 39.2. The second-order valence-corrected chi connectivity index (χ2v) is 11.5. The minimum Gasteiger partial charge on any atom is -0.496 e. The summed E-state index contributed by atoms with van der Waals surface area (Å²) in [5, 5.41) is 17.2. The average Bonchev–Trinajstić information content (AvgIpc) is 3.15. The quantitative estimate of drug-likeness (QED) is 0.152. The van der Waals surface area contributed by atoms with Gasteiger partial charge in [-0.25, -0.2) is 8.78 Å². The largest absolute Gasteiger partial charge is 0.496 e. The minimum atomic E-state index is -1.34. The zero-order valence-corrected chi connectivity index (χ0v) is 29.5. The number of halogens is 3. The summed E-state index contributed by atoms with van der Waals surface area (Å²) in [5.74, 6) is 1.68. The van der Waals surface area contributed by atoms with Gasteiger partial charge in [0, 0.05) is 15.6 Å². The molecule has 0 fully saturated rings. The van der Waals surface area contributed by atoms with Crippen LogP contribution in [0.3, 0.4) is 0 Å². The molecular weight excluding hydrogens is 705 g/mol. The second-order valence-electron chi connectivity index (χ2n) is 10.5. The molecule has 0 aliphatic heterocycles. The van der Waals surface area contributed by atoms with E-state index in [-0.39, 0.29) is 11.6 Å². The van der Waals surface area contributed by atoms with E-state index in [2.05, 4.69) is 15.9 Å². The van der Waals surface area contributed by atoms with Crippen LogP contribution in [0.1, 0.15) is 0 Å². The van der Waals surface area contributed by atoms with Gasteiger partial charge >= 0.3 is 7.12 Å². The van der Waals surface area contributed by atoms with Crippen LogP contribution in [0, 0.1) is 11.6 Å². The first-order valence-electron chi connectivity index (χ1n) is 15.4. The van der Waals surface area contributed by atoms with E-state index in [0.29, 0.717) is 55.2 Å². The smallest absolute Gasteiger partial charge is 0.488 e. The minimum absolute atomic E-state index is 0.311. The van der Waals surface area contributed by atoms with Gasteiger partial charge in [0.25, 0.3) is 0 Å². The molecule has 256 valence electrons. The Labute approximate surface area is 299 Å². The molecule has 0 amide bonds. The third-order valence-electron chi connectivity index (χ3n) is 7.50. The number of hydrogen-bond donors (Lipinski definition) is 2. The van der Waals surface area contributed by atoms with Crippen LogP contribution < -0.4 is 24.4 Å². The zero-order valence-electron chi connectivity index (χ0n) is 27.9. The van der Waals surface area contributed by atoms with Crippen molar-refractivity contribution in [2.24, 2.45) is 0 Å². The first kappa shape index (κ1) is 37.7. The van der Waals surface area contributed by atoms with Crippen molar-refractivity contribution >= 4 is 28.5 Å². The van der Waals surface area contributed by atoms with Crippen molar-refractivity contribution in [3.8, 4) is 56.4 Å². The molecule has 0 saturated heterocycles. The van der Waals surface area contributed by atoms with Gasteiger partial charge in [-0.05, 0) is 59.1 Å². The van der Waals surface area contributed by atoms with Gasteiger partial charge in [0.1, 0.15) is 34.6 Å². The van der Waals surface area contributed by atoms with Crippen molar-refractivity contribution < 1.29 is 37.8 Å². The van der Waals surface area contributed by atoms with Gasteiger partial charge in [-0.3, -0.25) is 0 Å². The maximum Gasteiger partial charge on any atom is 0.488 e. The van der Waals surface area contributed by atoms with Gasteiger partial charge < -0.3 is 29.0 Å². The highest BCUT2D eigenvalue weighted by molar-refractivity contribution is 9.10. The van der Waals surface area contributed by atoms with E-state index in [9.17, 15) is 8.78 Å². The molecule has 6 nitrogen and oxygen atoms in total. The molecule has 0 aromatic heterocycles. The lowest BCUT2D eigenvalue weighted by Crippen LogP contribution is -2.29. The molecule has 0 radical (unpaired) electrons. The summed E-state index contributed by atoms with van der Waals surface area (Å²) in [6.45, 7) is 0. The molecule has 10 heteroatoms. The first-order chi connectivity index (χ1) is 24.2. The number of methoxy groups -OCH3 is 4. The fourth-order valence-corrected chi connectivity index (χ4v) is 5.41. The predicted molar refractivity (Wildman–Crippen MR) is 199 cm³/mol. The standard InChI is InChI=1S/C20H17FO2.C14H12BrFO2.C6H7BO2/c1-22-18-9-6-10-19(23-2)20(18)16-12-11-15(13-17(16)21)14-7-4-3-5-8-14;1-17-12-4-3-5-13(18-2)14(12)10-7-6-9(15)8-11(10)16;8-7(9)6-4-2-1-3-5-6/h3-13H,1-2H3;3-8H,1-2H3;1-5,8-9H. The van der Waals surface area contributed by atoms with E-state index in [4.69, 9.17) is 29.0 Å². The first-order valence-corrected chi connectivity index (χ1v) is 16.1. The third-order valence-corrected chi connectivity index (χ3v) is 7.99. The molecule has 0 unspecified atom stereocenters. The van der Waals surface area contributed by atoms with Crippen LogP contribution in [-0.2, 0) is 0 Å². The highest BCUT2D eigenvalue weighted by atomic mass is 79.9. The van der Waals surface area contributed by atoms with E-state index in [1.807, 2.05) is 48.5 Å². The van der Waals surface area contributed by atoms with Crippen LogP contribution >= 0.6 is 15.9 Å². The van der Waals surface area contributed by atoms with Gasteiger partial charge in [0.15, 0.2) is 0 Å². The predicted octanol–water partition coefficient (Wildman–Crippen LogP) is 8.82. The molecule has 50 heavy (non-hydrogen) atoms. The van der Waals surface area contributed by atoms with Gasteiger partial charge in [0.05, 0.1) is 39.6 Å². The van der Waals surface area contributed by atoms with Gasteiger partial charge in [-0.2, -0.15) is 0 Å². The van der Waals surface area contributed by atoms with E-state index in [1.165, 1.54) is 12.1 Å². The molecule has 6 aromatic rings. The monoisotopic (exact) mass is 740 g/mol. The van der Waals surface area contributed by atoms with Crippen LogP contribution in [0.25, 0.3) is 33.4 Å². The fraction of sp³-hybridized carbons (Fsp3) is 0.100. The topological polar surface area (TPSA) is 77.4 Å². The fourth-order valence-electron chi connectivity index (χ4n) is 5.08. The molecule has 6 rings (SSSR count). The van der Waals surface area contributed by atoms with Crippen LogP contribution in [0.15, 0.2) is 138 Å². The summed E-state index contributed by atoms with van der Waals surface area (Å²) in [6.07, 6.45) is 0. The summed E-state index contributed by atoms with van der Waals surface area (Å²) >= 11 is 3.24. The van der Waals surface area contributed by atoms with Crippen LogP contribution in [-0.4, -0.2) is 45.6 Å². The van der Waals surface area contributed by atoms with Crippen molar-refractivity contribution in [3.63, 3.8) is 0 Å². The van der Waals surface area contributed by atoms with Crippen molar-refractivity contribution in [3.05, 3.63) is 150 Å². The third kappa shape index (κ3) is 9.50. The Balaban J connectivity index is 0.000000184. The number of rotatable bonds is 8. The van der Waals surface area contributed by atoms with Crippen molar-refractivity contribution in [2.75, 3.05) is 28.4 Å². The maximum absolute atomic E-state index is 14.7. The summed E-state index contributed by atoms with van der Waals surface area (Å²) in [7, 11) is 4.89. The normalized spacial score (nSPS) is 10.1. The van der Waals surface area contributed by atoms with Crippen molar-refractivity contribution in [1.82, 2.24) is 0 Å². The Kier molecular flexibility index (Phi) is 14.0. The molecule has 0 heterocycles. The summed E-state index contributed by atoms with van der Waals surface area (Å²) in [4.78, 5) is 0. The Morgan fingerprint density at radius 2 is 0.900 bits per heavy atom. The van der Waals surface area contributed by atoms with E-state index in [0.717, 1.165) is 11.1 Å². The number of benzene rings is 6. The molecule has 0 saturated carbocycles. The summed E-state index contributed by atoms with van der Waals surface area (Å²) < 4.78 is 50.7. The number of hydrogen-bond acceptors (Lipinski definition) is 6. The second kappa shape index (κ2) is 18.6. The molecule has 6 aromatic carbocycles. The Hall–Kier alpha value is -5.16. The Bertz CT molecular complexity index is 1930. The Morgan fingerprint density at radius 1 is 0.480 bits per heavy atom. The molecule has 0 atom stereocenters. The van der Waals surface area contributed by atoms with E-state index >= 15 is 0 Å². The van der Waals surface area contributed by atoms with Gasteiger partial charge in [-0.15, -0.1) is 0 Å². The van der Waals surface area contributed by atoms with E-state index in [1.54, 1.807) is 101 Å². The lowest BCUT2D eigenvalue weighted by atomic mass is 9.81. The molecule has 2 N–H and O–H groups in total. The maximum atomic E-state index is 14.7. The zero-order chi connectivity index (χ0) is 36.0. The van der Waals surface area contributed by atoms with Gasteiger partial charge in [-0.1, -0.05) is 107 Å². The van der Waals surface area contributed by atoms with Gasteiger partial charge in [0.2, 0.25) is 0 Å². The SMILES string of the molecule is COc1cccc(OC)c1-c1ccc(-c2ccccc2)cc1F.COc1cccc(OC)c1-c1ccc(Br)cc1F.OB(O)c1ccccc1. The molecule has 0 aliphatic carbocycles. The Morgan fingerprint density at radius 3 is 1.28 bits per heavy atom. The molecule has 0 bridgehead atoms. The van der Waals surface area contributed by atoms with Crippen LogP contribution in [0.4, 0.5) is 8.78 Å². The molecular formula is C40H36BBrF2O6. The summed E-state index contributed by atoms with van der Waals surface area (Å²) in [5.41, 5.74) is 4.48. The highest BCUT2D eigenvalue weighted by Crippen LogP contribution is 2.41. The lowest BCUT2D eigenvalue weighted by Gasteiger charge is -2.14. The van der Waals surface area contributed by atoms with Crippen LogP contribution in [0.2, 0.25) is 0 Å². The average molecular weight is 741 g/mol. The molecule has 0 aliphatic rings. The molecule has 0 spiro atoms. The van der Waals surface area contributed by atoms with E-state index < -0.39 is 7.12 Å². The number of ether oxygens (including phenoxy) is 4.